The minimum Gasteiger partial charge on any atom is -0.497 e. The molecule has 6 heteroatoms. The lowest BCUT2D eigenvalue weighted by atomic mass is 10.1. The number of rotatable bonds is 8. The summed E-state index contributed by atoms with van der Waals surface area (Å²) in [6.07, 6.45) is 0. The molecule has 0 saturated carbocycles. The first-order chi connectivity index (χ1) is 12.9. The van der Waals surface area contributed by atoms with Crippen LogP contribution >= 0.6 is 0 Å². The van der Waals surface area contributed by atoms with E-state index in [1.807, 2.05) is 63.4 Å². The van der Waals surface area contributed by atoms with E-state index in [2.05, 4.69) is 10.6 Å². The number of aryl methyl sites for hydroxylation is 2. The Morgan fingerprint density at radius 1 is 1.00 bits per heavy atom. The summed E-state index contributed by atoms with van der Waals surface area (Å²) in [4.78, 5) is 25.3. The molecule has 2 rings (SSSR count). The monoisotopic (exact) mass is 370 g/mol. The van der Waals surface area contributed by atoms with Crippen molar-refractivity contribution in [2.24, 2.45) is 0 Å². The highest BCUT2D eigenvalue weighted by Crippen LogP contribution is 2.18. The summed E-state index contributed by atoms with van der Waals surface area (Å²) in [6.45, 7) is 4.86. The number of ether oxygens (including phenoxy) is 1. The third-order valence-electron chi connectivity index (χ3n) is 4.32. The lowest BCUT2D eigenvalue weighted by Gasteiger charge is -2.15. The van der Waals surface area contributed by atoms with Crippen LogP contribution in [0.2, 0.25) is 0 Å². The van der Waals surface area contributed by atoms with Crippen molar-refractivity contribution < 1.29 is 19.2 Å². The van der Waals surface area contributed by atoms with Gasteiger partial charge in [-0.1, -0.05) is 18.2 Å². The van der Waals surface area contributed by atoms with Gasteiger partial charge in [-0.3, -0.25) is 9.59 Å². The van der Waals surface area contributed by atoms with Gasteiger partial charge in [0.2, 0.25) is 5.91 Å². The van der Waals surface area contributed by atoms with Crippen molar-refractivity contribution in [3.8, 4) is 5.75 Å². The predicted molar refractivity (Wildman–Crippen MR) is 106 cm³/mol. The van der Waals surface area contributed by atoms with E-state index < -0.39 is 0 Å². The van der Waals surface area contributed by atoms with Crippen molar-refractivity contribution in [2.75, 3.05) is 32.6 Å². The molecule has 0 aliphatic rings. The predicted octanol–water partition coefficient (Wildman–Crippen LogP) is 1.08. The first-order valence-electron chi connectivity index (χ1n) is 8.96. The molecule has 0 aliphatic heterocycles. The summed E-state index contributed by atoms with van der Waals surface area (Å²) in [7, 11) is 3.58. The van der Waals surface area contributed by atoms with Gasteiger partial charge in [-0.05, 0) is 49.2 Å². The molecule has 2 aromatic rings. The summed E-state index contributed by atoms with van der Waals surface area (Å²) < 4.78 is 5.14. The Morgan fingerprint density at radius 3 is 2.22 bits per heavy atom. The van der Waals surface area contributed by atoms with Crippen molar-refractivity contribution in [2.45, 2.75) is 20.4 Å². The zero-order valence-corrected chi connectivity index (χ0v) is 16.4. The number of carbonyl (C=O) groups excluding carboxylic acids is 2. The number of methoxy groups -OCH3 is 1. The Labute approximate surface area is 160 Å². The van der Waals surface area contributed by atoms with Gasteiger partial charge in [0.25, 0.3) is 5.91 Å². The Kier molecular flexibility index (Phi) is 7.37. The number of hydrogen-bond donors (Lipinski definition) is 3. The van der Waals surface area contributed by atoms with Gasteiger partial charge in [0, 0.05) is 11.3 Å². The number of quaternary nitrogens is 1. The van der Waals surface area contributed by atoms with E-state index in [4.69, 9.17) is 4.74 Å². The molecule has 0 heterocycles. The minimum atomic E-state index is -0.228. The van der Waals surface area contributed by atoms with Crippen LogP contribution in [0.3, 0.4) is 0 Å². The standard InChI is InChI=1S/C21H27N3O3/c1-15-6-5-7-16(2)21(15)23-19(25)12-22-20(26)14-24(3)13-17-8-10-18(27-4)11-9-17/h5-11H,12-14H2,1-4H3,(H,22,26)(H,23,25)/p+1. The second-order valence-corrected chi connectivity index (χ2v) is 6.75. The highest BCUT2D eigenvalue weighted by Gasteiger charge is 2.13. The van der Waals surface area contributed by atoms with Gasteiger partial charge in [0.05, 0.1) is 20.7 Å². The molecule has 144 valence electrons. The highest BCUT2D eigenvalue weighted by molar-refractivity contribution is 5.95. The van der Waals surface area contributed by atoms with E-state index in [9.17, 15) is 9.59 Å². The fourth-order valence-corrected chi connectivity index (χ4v) is 2.87. The van der Waals surface area contributed by atoms with Crippen LogP contribution in [0.4, 0.5) is 5.69 Å². The van der Waals surface area contributed by atoms with Crippen molar-refractivity contribution >= 4 is 17.5 Å². The zero-order valence-electron chi connectivity index (χ0n) is 16.4. The second-order valence-electron chi connectivity index (χ2n) is 6.75. The Hall–Kier alpha value is -2.86. The van der Waals surface area contributed by atoms with Gasteiger partial charge in [-0.2, -0.15) is 0 Å². The summed E-state index contributed by atoms with van der Waals surface area (Å²) in [5.74, 6) is 0.426. The van der Waals surface area contributed by atoms with Crippen molar-refractivity contribution in [1.82, 2.24) is 5.32 Å². The van der Waals surface area contributed by atoms with Gasteiger partial charge in [0.15, 0.2) is 6.54 Å². The molecule has 1 unspecified atom stereocenters. The summed E-state index contributed by atoms with van der Waals surface area (Å²) in [5.41, 5.74) is 3.92. The molecule has 0 spiro atoms. The third kappa shape index (κ3) is 6.42. The van der Waals surface area contributed by atoms with Gasteiger partial charge < -0.3 is 20.3 Å². The van der Waals surface area contributed by atoms with Crippen LogP contribution in [0.15, 0.2) is 42.5 Å². The Balaban J connectivity index is 1.76. The van der Waals surface area contributed by atoms with E-state index in [1.165, 1.54) is 0 Å². The van der Waals surface area contributed by atoms with Crippen molar-refractivity contribution in [3.05, 3.63) is 59.2 Å². The number of nitrogens with one attached hydrogen (secondary N) is 3. The molecule has 2 amide bonds. The largest absolute Gasteiger partial charge is 0.497 e. The van der Waals surface area contributed by atoms with Crippen LogP contribution in [-0.2, 0) is 16.1 Å². The first kappa shape index (κ1) is 20.5. The lowest BCUT2D eigenvalue weighted by Crippen LogP contribution is -3.08. The molecule has 2 aromatic carbocycles. The average molecular weight is 370 g/mol. The fourth-order valence-electron chi connectivity index (χ4n) is 2.87. The molecule has 0 bridgehead atoms. The van der Waals surface area contributed by atoms with E-state index in [-0.39, 0.29) is 18.4 Å². The maximum Gasteiger partial charge on any atom is 0.275 e. The SMILES string of the molecule is COc1ccc(C[NH+](C)CC(=O)NCC(=O)Nc2c(C)cccc2C)cc1. The van der Waals surface area contributed by atoms with E-state index in [0.29, 0.717) is 13.1 Å². The van der Waals surface area contributed by atoms with Crippen LogP contribution in [0.25, 0.3) is 0 Å². The third-order valence-corrected chi connectivity index (χ3v) is 4.32. The number of amides is 2. The molecule has 0 aromatic heterocycles. The van der Waals surface area contributed by atoms with Crippen LogP contribution in [0.1, 0.15) is 16.7 Å². The molecular weight excluding hydrogens is 342 g/mol. The van der Waals surface area contributed by atoms with Crippen LogP contribution in [-0.4, -0.2) is 39.1 Å². The maximum atomic E-state index is 12.1. The van der Waals surface area contributed by atoms with E-state index >= 15 is 0 Å². The molecule has 0 fully saturated rings. The summed E-state index contributed by atoms with van der Waals surface area (Å²) in [5, 5.41) is 5.55. The van der Waals surface area contributed by atoms with Gasteiger partial charge >= 0.3 is 0 Å². The zero-order chi connectivity index (χ0) is 19.8. The Bertz CT molecular complexity index is 768. The smallest absolute Gasteiger partial charge is 0.275 e. The molecule has 0 saturated heterocycles. The van der Waals surface area contributed by atoms with Gasteiger partial charge in [0.1, 0.15) is 12.3 Å². The topological polar surface area (TPSA) is 71.9 Å². The van der Waals surface area contributed by atoms with E-state index in [0.717, 1.165) is 33.0 Å². The summed E-state index contributed by atoms with van der Waals surface area (Å²) >= 11 is 0. The van der Waals surface area contributed by atoms with Crippen LogP contribution in [0.5, 0.6) is 5.75 Å². The molecule has 1 atom stereocenters. The minimum absolute atomic E-state index is 0.0393. The van der Waals surface area contributed by atoms with Crippen LogP contribution in [0, 0.1) is 13.8 Å². The second kappa shape index (κ2) is 9.73. The highest BCUT2D eigenvalue weighted by atomic mass is 16.5. The quantitative estimate of drug-likeness (QED) is 0.651. The number of anilines is 1. The number of likely N-dealkylation sites (N-methyl/N-ethyl adjacent to an activating group) is 1. The number of carbonyl (C=O) groups is 2. The number of benzene rings is 2. The van der Waals surface area contributed by atoms with Gasteiger partial charge in [-0.15, -0.1) is 0 Å². The molecule has 0 aliphatic carbocycles. The molecule has 27 heavy (non-hydrogen) atoms. The van der Waals surface area contributed by atoms with Crippen molar-refractivity contribution in [1.29, 1.82) is 0 Å². The maximum absolute atomic E-state index is 12.1. The normalized spacial score (nSPS) is 11.6. The number of para-hydroxylation sites is 1. The molecule has 3 N–H and O–H groups in total. The van der Waals surface area contributed by atoms with Gasteiger partial charge in [-0.25, -0.2) is 0 Å². The van der Waals surface area contributed by atoms with E-state index in [1.54, 1.807) is 7.11 Å². The molecule has 6 nitrogen and oxygen atoms in total. The first-order valence-corrected chi connectivity index (χ1v) is 8.96. The molecular formula is C21H28N3O3+. The van der Waals surface area contributed by atoms with Crippen LogP contribution < -0.4 is 20.3 Å². The Morgan fingerprint density at radius 2 is 1.63 bits per heavy atom. The number of hydrogen-bond acceptors (Lipinski definition) is 3. The van der Waals surface area contributed by atoms with Crippen molar-refractivity contribution in [3.63, 3.8) is 0 Å². The summed E-state index contributed by atoms with van der Waals surface area (Å²) in [6, 6.07) is 13.6. The fraction of sp³-hybridized carbons (Fsp3) is 0.333. The molecule has 0 radical (unpaired) electrons. The lowest BCUT2D eigenvalue weighted by molar-refractivity contribution is -0.885. The average Bonchev–Trinajstić information content (AvgIpc) is 2.63.